The lowest BCUT2D eigenvalue weighted by Gasteiger charge is -2.21. The van der Waals surface area contributed by atoms with Crippen molar-refractivity contribution < 1.29 is 14.2 Å². The molecule has 0 aromatic heterocycles. The molecule has 1 saturated heterocycles. The van der Waals surface area contributed by atoms with Crippen molar-refractivity contribution in [2.75, 3.05) is 58.5 Å². The highest BCUT2D eigenvalue weighted by Crippen LogP contribution is 2.30. The fraction of sp³-hybridized carbons (Fsp3) is 0.667. The Hall–Kier alpha value is -2.15. The molecule has 0 saturated carbocycles. The number of unbranched alkanes of at least 4 members (excludes halogenated alkanes) is 1. The molecule has 1 aromatic carbocycles. The van der Waals surface area contributed by atoms with Crippen molar-refractivity contribution in [3.63, 3.8) is 0 Å². The Kier molecular flexibility index (Phi) is 9.76. The first-order chi connectivity index (χ1) is 13.7. The van der Waals surface area contributed by atoms with E-state index in [0.717, 1.165) is 68.6 Å². The highest BCUT2D eigenvalue weighted by atomic mass is 16.5. The SMILES string of the molecule is CCCCOCCN=C(NCC)NC1CCN(c2cc(OC)cc(OC)c2)C1. The van der Waals surface area contributed by atoms with E-state index < -0.39 is 0 Å². The molecule has 0 bridgehead atoms. The van der Waals surface area contributed by atoms with E-state index in [4.69, 9.17) is 14.2 Å². The second-order valence-electron chi connectivity index (χ2n) is 6.87. The van der Waals surface area contributed by atoms with Crippen LogP contribution in [0.25, 0.3) is 0 Å². The molecule has 1 heterocycles. The fourth-order valence-corrected chi connectivity index (χ4v) is 3.17. The summed E-state index contributed by atoms with van der Waals surface area (Å²) in [5.74, 6) is 2.48. The van der Waals surface area contributed by atoms with Crippen molar-refractivity contribution in [1.29, 1.82) is 0 Å². The summed E-state index contributed by atoms with van der Waals surface area (Å²) in [6.07, 6.45) is 3.32. The van der Waals surface area contributed by atoms with E-state index in [1.54, 1.807) is 14.2 Å². The van der Waals surface area contributed by atoms with Crippen molar-refractivity contribution in [1.82, 2.24) is 10.6 Å². The van der Waals surface area contributed by atoms with E-state index in [-0.39, 0.29) is 0 Å². The number of hydrogen-bond donors (Lipinski definition) is 2. The minimum Gasteiger partial charge on any atom is -0.497 e. The van der Waals surface area contributed by atoms with Crippen LogP contribution in [0.4, 0.5) is 5.69 Å². The van der Waals surface area contributed by atoms with E-state index in [1.165, 1.54) is 0 Å². The van der Waals surface area contributed by atoms with Crippen LogP contribution in [0.15, 0.2) is 23.2 Å². The zero-order valence-corrected chi connectivity index (χ0v) is 17.8. The molecule has 7 nitrogen and oxygen atoms in total. The van der Waals surface area contributed by atoms with E-state index in [0.29, 0.717) is 19.2 Å². The van der Waals surface area contributed by atoms with Gasteiger partial charge >= 0.3 is 0 Å². The largest absolute Gasteiger partial charge is 0.497 e. The number of hydrogen-bond acceptors (Lipinski definition) is 5. The minimum absolute atomic E-state index is 0.344. The summed E-state index contributed by atoms with van der Waals surface area (Å²) in [7, 11) is 3.36. The summed E-state index contributed by atoms with van der Waals surface area (Å²) in [5.41, 5.74) is 1.12. The molecule has 0 radical (unpaired) electrons. The predicted molar refractivity (Wildman–Crippen MR) is 115 cm³/mol. The van der Waals surface area contributed by atoms with Crippen molar-refractivity contribution in [2.24, 2.45) is 4.99 Å². The Morgan fingerprint density at radius 2 is 1.89 bits per heavy atom. The van der Waals surface area contributed by atoms with Gasteiger partial charge in [0.2, 0.25) is 0 Å². The Bertz CT molecular complexity index is 587. The smallest absolute Gasteiger partial charge is 0.191 e. The van der Waals surface area contributed by atoms with Crippen LogP contribution >= 0.6 is 0 Å². The van der Waals surface area contributed by atoms with Crippen LogP contribution in [-0.2, 0) is 4.74 Å². The zero-order valence-electron chi connectivity index (χ0n) is 17.8. The number of benzene rings is 1. The van der Waals surface area contributed by atoms with Gasteiger partial charge in [0.1, 0.15) is 11.5 Å². The number of methoxy groups -OCH3 is 2. The summed E-state index contributed by atoms with van der Waals surface area (Å²) in [6.45, 7) is 9.13. The van der Waals surface area contributed by atoms with Crippen LogP contribution in [0.3, 0.4) is 0 Å². The van der Waals surface area contributed by atoms with Gasteiger partial charge in [0.15, 0.2) is 5.96 Å². The van der Waals surface area contributed by atoms with Gasteiger partial charge in [0.25, 0.3) is 0 Å². The summed E-state index contributed by atoms with van der Waals surface area (Å²) in [5, 5.41) is 6.88. The molecule has 2 N–H and O–H groups in total. The van der Waals surface area contributed by atoms with Gasteiger partial charge < -0.3 is 29.7 Å². The monoisotopic (exact) mass is 392 g/mol. The number of ether oxygens (including phenoxy) is 3. The number of rotatable bonds is 11. The second-order valence-corrected chi connectivity index (χ2v) is 6.87. The third-order valence-corrected chi connectivity index (χ3v) is 4.72. The number of guanidine groups is 1. The molecule has 0 spiro atoms. The van der Waals surface area contributed by atoms with Gasteiger partial charge in [-0.15, -0.1) is 0 Å². The lowest BCUT2D eigenvalue weighted by atomic mass is 10.2. The van der Waals surface area contributed by atoms with Crippen LogP contribution < -0.4 is 25.0 Å². The number of nitrogens with one attached hydrogen (secondary N) is 2. The van der Waals surface area contributed by atoms with Crippen molar-refractivity contribution >= 4 is 11.6 Å². The topological polar surface area (TPSA) is 67.4 Å². The summed E-state index contributed by atoms with van der Waals surface area (Å²) in [6, 6.07) is 6.35. The van der Waals surface area contributed by atoms with Gasteiger partial charge in [0.05, 0.1) is 27.4 Å². The zero-order chi connectivity index (χ0) is 20.2. The molecule has 1 fully saturated rings. The van der Waals surface area contributed by atoms with E-state index in [9.17, 15) is 0 Å². The molecule has 1 aliphatic heterocycles. The molecule has 7 heteroatoms. The minimum atomic E-state index is 0.344. The molecule has 1 aromatic rings. The first-order valence-electron chi connectivity index (χ1n) is 10.3. The summed E-state index contributed by atoms with van der Waals surface area (Å²) < 4.78 is 16.4. The van der Waals surface area contributed by atoms with Gasteiger partial charge in [-0.2, -0.15) is 0 Å². The Morgan fingerprint density at radius 1 is 1.14 bits per heavy atom. The highest BCUT2D eigenvalue weighted by molar-refractivity contribution is 5.80. The average molecular weight is 393 g/mol. The third-order valence-electron chi connectivity index (χ3n) is 4.72. The fourth-order valence-electron chi connectivity index (χ4n) is 3.17. The molecule has 0 aliphatic carbocycles. The lowest BCUT2D eigenvalue weighted by molar-refractivity contribution is 0.139. The van der Waals surface area contributed by atoms with E-state index >= 15 is 0 Å². The summed E-state index contributed by atoms with van der Waals surface area (Å²) >= 11 is 0. The Balaban J connectivity index is 1.89. The normalized spacial score (nSPS) is 16.9. The van der Waals surface area contributed by atoms with Crippen molar-refractivity contribution in [3.8, 4) is 11.5 Å². The highest BCUT2D eigenvalue weighted by Gasteiger charge is 2.24. The standard InChI is InChI=1S/C21H36N4O3/c1-5-7-11-28-12-9-23-21(22-6-2)24-17-8-10-25(16-17)18-13-19(26-3)15-20(14-18)27-4/h13-15,17H,5-12,16H2,1-4H3,(H2,22,23,24). The van der Waals surface area contributed by atoms with Crippen LogP contribution in [0, 0.1) is 0 Å². The summed E-state index contributed by atoms with van der Waals surface area (Å²) in [4.78, 5) is 6.99. The van der Waals surface area contributed by atoms with Crippen LogP contribution in [0.2, 0.25) is 0 Å². The molecule has 158 valence electrons. The third kappa shape index (κ3) is 7.11. The number of anilines is 1. The predicted octanol–water partition coefficient (Wildman–Crippen LogP) is 2.65. The molecule has 1 aliphatic rings. The Labute approximate surface area is 169 Å². The Morgan fingerprint density at radius 3 is 2.54 bits per heavy atom. The quantitative estimate of drug-likeness (QED) is 0.343. The van der Waals surface area contributed by atoms with Crippen LogP contribution in [0.5, 0.6) is 11.5 Å². The van der Waals surface area contributed by atoms with Gasteiger partial charge in [0, 0.05) is 56.2 Å². The van der Waals surface area contributed by atoms with E-state index in [1.807, 2.05) is 6.07 Å². The number of aliphatic imine (C=N–C) groups is 1. The maximum atomic E-state index is 5.60. The molecular weight excluding hydrogens is 356 g/mol. The van der Waals surface area contributed by atoms with Gasteiger partial charge in [-0.05, 0) is 19.8 Å². The first kappa shape index (κ1) is 22.1. The van der Waals surface area contributed by atoms with E-state index in [2.05, 4.69) is 46.5 Å². The van der Waals surface area contributed by atoms with Gasteiger partial charge in [-0.3, -0.25) is 4.99 Å². The maximum Gasteiger partial charge on any atom is 0.191 e. The molecule has 0 amide bonds. The van der Waals surface area contributed by atoms with Crippen molar-refractivity contribution in [2.45, 2.75) is 39.2 Å². The van der Waals surface area contributed by atoms with Crippen molar-refractivity contribution in [3.05, 3.63) is 18.2 Å². The second kappa shape index (κ2) is 12.3. The first-order valence-corrected chi connectivity index (χ1v) is 10.3. The molecule has 2 rings (SSSR count). The number of nitrogens with zero attached hydrogens (tertiary/aromatic N) is 2. The molecule has 28 heavy (non-hydrogen) atoms. The lowest BCUT2D eigenvalue weighted by Crippen LogP contribution is -2.44. The van der Waals surface area contributed by atoms with Gasteiger partial charge in [-0.25, -0.2) is 0 Å². The average Bonchev–Trinajstić information content (AvgIpc) is 3.18. The maximum absolute atomic E-state index is 5.60. The van der Waals surface area contributed by atoms with Gasteiger partial charge in [-0.1, -0.05) is 13.3 Å². The van der Waals surface area contributed by atoms with Crippen LogP contribution in [0.1, 0.15) is 33.1 Å². The molecule has 1 unspecified atom stereocenters. The van der Waals surface area contributed by atoms with Crippen LogP contribution in [-0.4, -0.2) is 65.6 Å². The molecular formula is C21H36N4O3. The molecule has 1 atom stereocenters.